The Morgan fingerprint density at radius 3 is 1.63 bits per heavy atom. The summed E-state index contributed by atoms with van der Waals surface area (Å²) in [6, 6.07) is 86.6. The normalized spacial score (nSPS) is 15.6. The summed E-state index contributed by atoms with van der Waals surface area (Å²) >= 11 is 1.89. The van der Waals surface area contributed by atoms with Crippen molar-refractivity contribution in [3.8, 4) is 44.5 Å². The largest absolute Gasteiger partial charge is 0.310 e. The molecular weight excluding hydrogens is 803 g/mol. The molecule has 0 saturated carbocycles. The van der Waals surface area contributed by atoms with E-state index in [2.05, 4.69) is 242 Å². The van der Waals surface area contributed by atoms with Crippen LogP contribution in [0.2, 0.25) is 0 Å². The van der Waals surface area contributed by atoms with Crippen LogP contribution in [0.1, 0.15) is 45.9 Å². The van der Waals surface area contributed by atoms with Crippen molar-refractivity contribution in [2.75, 3.05) is 4.90 Å². The Labute approximate surface area is 383 Å². The Morgan fingerprint density at radius 2 is 0.892 bits per heavy atom. The lowest BCUT2D eigenvalue weighted by Crippen LogP contribution is -2.26. The van der Waals surface area contributed by atoms with E-state index in [-0.39, 0.29) is 5.41 Å². The van der Waals surface area contributed by atoms with Crippen LogP contribution in [0.25, 0.3) is 64.7 Å². The van der Waals surface area contributed by atoms with Crippen molar-refractivity contribution in [1.82, 2.24) is 0 Å². The Balaban J connectivity index is 1.02. The van der Waals surface area contributed by atoms with Gasteiger partial charge in [-0.25, -0.2) is 0 Å². The summed E-state index contributed by atoms with van der Waals surface area (Å²) in [4.78, 5) is 2.54. The lowest BCUT2D eigenvalue weighted by molar-refractivity contribution is 0.714. The fourth-order valence-corrected chi connectivity index (χ4v) is 13.4. The predicted octanol–water partition coefficient (Wildman–Crippen LogP) is 16.9. The summed E-state index contributed by atoms with van der Waals surface area (Å²) in [5.41, 5.74) is 22.3. The van der Waals surface area contributed by atoms with E-state index < -0.39 is 5.41 Å². The molecule has 10 aromatic carbocycles. The Bertz CT molecular complexity index is 3700. The number of nitrogens with zero attached hydrogens (tertiary/aromatic N) is 1. The zero-order chi connectivity index (χ0) is 42.9. The van der Waals surface area contributed by atoms with Gasteiger partial charge in [-0.1, -0.05) is 194 Å². The van der Waals surface area contributed by atoms with Gasteiger partial charge in [-0.05, 0) is 121 Å². The third-order valence-electron chi connectivity index (χ3n) is 15.0. The summed E-state index contributed by atoms with van der Waals surface area (Å²) in [7, 11) is 0. The summed E-state index contributed by atoms with van der Waals surface area (Å²) in [6.07, 6.45) is 0. The summed E-state index contributed by atoms with van der Waals surface area (Å²) < 4.78 is 2.65. The van der Waals surface area contributed by atoms with Crippen molar-refractivity contribution < 1.29 is 0 Å². The van der Waals surface area contributed by atoms with Gasteiger partial charge in [-0.15, -0.1) is 11.3 Å². The lowest BCUT2D eigenvalue weighted by Gasteiger charge is -2.33. The highest BCUT2D eigenvalue weighted by Gasteiger charge is 2.52. The molecule has 0 N–H and O–H groups in total. The standard InChI is InChI=1S/C63H41NS/c1-62(41-17-3-2-4-18-41)52-26-10-5-19-45(52)48-38-37-43(39-57(48)62)64(42-35-33-40(34-36-42)44-24-15-25-50-49-22-9-14-32-59(49)65-61(44)50)58-31-16-30-56-60(58)51-23-8-13-29-55(51)63(56)53-27-11-6-20-46(53)47-21-7-12-28-54(47)63/h2-39H,1H3. The molecule has 1 spiro atoms. The molecule has 3 aliphatic carbocycles. The van der Waals surface area contributed by atoms with E-state index in [1.807, 2.05) is 11.3 Å². The zero-order valence-corrected chi connectivity index (χ0v) is 36.6. The molecule has 0 bridgehead atoms. The van der Waals surface area contributed by atoms with Crippen LogP contribution in [0.15, 0.2) is 231 Å². The molecule has 1 unspecified atom stereocenters. The number of rotatable bonds is 5. The van der Waals surface area contributed by atoms with Crippen molar-refractivity contribution in [3.05, 3.63) is 269 Å². The molecule has 11 aromatic rings. The van der Waals surface area contributed by atoms with Gasteiger partial charge in [0.15, 0.2) is 0 Å². The second kappa shape index (κ2) is 13.6. The van der Waals surface area contributed by atoms with Crippen LogP contribution in [0.3, 0.4) is 0 Å². The van der Waals surface area contributed by atoms with Gasteiger partial charge in [0.25, 0.3) is 0 Å². The van der Waals surface area contributed by atoms with Crippen LogP contribution in [-0.2, 0) is 10.8 Å². The molecule has 1 atom stereocenters. The first-order chi connectivity index (χ1) is 32.1. The number of fused-ring (bicyclic) bond motifs is 16. The maximum Gasteiger partial charge on any atom is 0.0726 e. The van der Waals surface area contributed by atoms with E-state index in [4.69, 9.17) is 0 Å². The van der Waals surface area contributed by atoms with Gasteiger partial charge in [0.05, 0.1) is 11.1 Å². The molecule has 0 amide bonds. The van der Waals surface area contributed by atoms with Crippen LogP contribution in [-0.4, -0.2) is 0 Å². The summed E-state index contributed by atoms with van der Waals surface area (Å²) in [5, 5.41) is 2.64. The summed E-state index contributed by atoms with van der Waals surface area (Å²) in [5.74, 6) is 0. The number of anilines is 3. The van der Waals surface area contributed by atoms with Crippen LogP contribution < -0.4 is 4.90 Å². The predicted molar refractivity (Wildman–Crippen MR) is 273 cm³/mol. The van der Waals surface area contributed by atoms with E-state index in [1.165, 1.54) is 109 Å². The molecule has 0 fully saturated rings. The minimum absolute atomic E-state index is 0.339. The van der Waals surface area contributed by atoms with Crippen LogP contribution in [0.4, 0.5) is 17.1 Å². The molecule has 2 heteroatoms. The van der Waals surface area contributed by atoms with E-state index >= 15 is 0 Å². The van der Waals surface area contributed by atoms with Crippen LogP contribution in [0.5, 0.6) is 0 Å². The third kappa shape index (κ3) is 4.87. The first-order valence-electron chi connectivity index (χ1n) is 22.7. The molecule has 3 aliphatic rings. The number of hydrogen-bond acceptors (Lipinski definition) is 2. The van der Waals surface area contributed by atoms with Crippen molar-refractivity contribution in [3.63, 3.8) is 0 Å². The maximum atomic E-state index is 2.54. The molecule has 1 nitrogen and oxygen atoms in total. The second-order valence-electron chi connectivity index (χ2n) is 18.0. The van der Waals surface area contributed by atoms with Gasteiger partial charge < -0.3 is 4.90 Å². The van der Waals surface area contributed by atoms with Crippen LogP contribution in [0, 0.1) is 0 Å². The maximum absolute atomic E-state index is 2.54. The highest BCUT2D eigenvalue weighted by molar-refractivity contribution is 7.26. The molecule has 1 aromatic heterocycles. The fourth-order valence-electron chi connectivity index (χ4n) is 12.2. The van der Waals surface area contributed by atoms with Gasteiger partial charge >= 0.3 is 0 Å². The van der Waals surface area contributed by atoms with E-state index in [9.17, 15) is 0 Å². The first kappa shape index (κ1) is 36.7. The lowest BCUT2D eigenvalue weighted by atomic mass is 9.70. The van der Waals surface area contributed by atoms with E-state index in [0.717, 1.165) is 11.4 Å². The number of benzene rings is 10. The molecule has 304 valence electrons. The highest BCUT2D eigenvalue weighted by Crippen LogP contribution is 2.65. The fraction of sp³-hybridized carbons (Fsp3) is 0.0476. The highest BCUT2D eigenvalue weighted by atomic mass is 32.1. The number of hydrogen-bond donors (Lipinski definition) is 0. The average molecular weight is 844 g/mol. The first-order valence-corrected chi connectivity index (χ1v) is 23.5. The molecular formula is C63H41NS. The minimum Gasteiger partial charge on any atom is -0.310 e. The molecule has 0 saturated heterocycles. The second-order valence-corrected chi connectivity index (χ2v) is 19.1. The van der Waals surface area contributed by atoms with Crippen molar-refractivity contribution >= 4 is 48.6 Å². The smallest absolute Gasteiger partial charge is 0.0726 e. The van der Waals surface area contributed by atoms with Gasteiger partial charge in [-0.2, -0.15) is 0 Å². The monoisotopic (exact) mass is 843 g/mol. The number of thiophene rings is 1. The molecule has 0 aliphatic heterocycles. The zero-order valence-electron chi connectivity index (χ0n) is 35.8. The SMILES string of the molecule is CC1(c2ccccc2)c2ccccc2-c2ccc(N(c3ccc(-c4cccc5c4sc4ccccc45)cc3)c3cccc4c3-c3ccccc3C43c4ccccc4-c4ccccc43)cc21. The minimum atomic E-state index is -0.445. The average Bonchev–Trinajstić information content (AvgIpc) is 4.08. The van der Waals surface area contributed by atoms with Gasteiger partial charge in [-0.3, -0.25) is 0 Å². The Morgan fingerprint density at radius 1 is 0.369 bits per heavy atom. The van der Waals surface area contributed by atoms with Crippen molar-refractivity contribution in [1.29, 1.82) is 0 Å². The Kier molecular flexibility index (Phi) is 7.68. The molecule has 1 heterocycles. The van der Waals surface area contributed by atoms with E-state index in [1.54, 1.807) is 0 Å². The molecule has 0 radical (unpaired) electrons. The molecule has 65 heavy (non-hydrogen) atoms. The van der Waals surface area contributed by atoms with Gasteiger partial charge in [0.2, 0.25) is 0 Å². The quantitative estimate of drug-likeness (QED) is 0.167. The van der Waals surface area contributed by atoms with Crippen molar-refractivity contribution in [2.45, 2.75) is 17.8 Å². The summed E-state index contributed by atoms with van der Waals surface area (Å²) in [6.45, 7) is 2.42. The molecule has 14 rings (SSSR count). The van der Waals surface area contributed by atoms with Crippen molar-refractivity contribution in [2.24, 2.45) is 0 Å². The van der Waals surface area contributed by atoms with Crippen LogP contribution >= 0.6 is 11.3 Å². The third-order valence-corrected chi connectivity index (χ3v) is 16.2. The van der Waals surface area contributed by atoms with E-state index in [0.29, 0.717) is 0 Å². The van der Waals surface area contributed by atoms with Gasteiger partial charge in [0, 0.05) is 42.5 Å². The van der Waals surface area contributed by atoms with Gasteiger partial charge in [0.1, 0.15) is 0 Å². The topological polar surface area (TPSA) is 3.24 Å². The Hall–Kier alpha value is -7.78.